The number of hydrogen-bond donors (Lipinski definition) is 0. The van der Waals surface area contributed by atoms with Crippen LogP contribution < -0.4 is 9.47 Å². The van der Waals surface area contributed by atoms with Crippen LogP contribution in [0.15, 0.2) is 48.5 Å². The Kier molecular flexibility index (Phi) is 5.28. The lowest BCUT2D eigenvalue weighted by Crippen LogP contribution is -2.11. The minimum absolute atomic E-state index is 0.395. The van der Waals surface area contributed by atoms with Gasteiger partial charge in [0.1, 0.15) is 11.5 Å². The van der Waals surface area contributed by atoms with Crippen LogP contribution in [-0.4, -0.2) is 20.0 Å². The molecule has 0 N–H and O–H groups in total. The molecule has 0 saturated carbocycles. The molecule has 3 nitrogen and oxygen atoms in total. The van der Waals surface area contributed by atoms with E-state index in [-0.39, 0.29) is 0 Å². The van der Waals surface area contributed by atoms with E-state index in [4.69, 9.17) is 9.47 Å². The van der Waals surface area contributed by atoms with Gasteiger partial charge in [-0.1, -0.05) is 18.2 Å². The van der Waals surface area contributed by atoms with Crippen LogP contribution in [0.3, 0.4) is 0 Å². The Hall–Kier alpha value is -2.76. The van der Waals surface area contributed by atoms with Crippen LogP contribution in [0.1, 0.15) is 21.5 Å². The number of carbonyl (C=O) groups excluding carboxylic acids is 1. The lowest BCUT2D eigenvalue weighted by molar-refractivity contribution is -0.137. The number of carbonyl (C=O) groups is 1. The molecular weight excluding hydrogens is 321 g/mol. The van der Waals surface area contributed by atoms with E-state index in [1.54, 1.807) is 18.2 Å². The third-order valence-electron chi connectivity index (χ3n) is 3.35. The van der Waals surface area contributed by atoms with E-state index >= 15 is 0 Å². The molecular formula is C18H15F3O3. The first-order valence-electron chi connectivity index (χ1n) is 6.97. The van der Waals surface area contributed by atoms with Crippen molar-refractivity contribution in [3.8, 4) is 11.5 Å². The summed E-state index contributed by atoms with van der Waals surface area (Å²) >= 11 is 0. The molecule has 0 unspecified atom stereocenters. The van der Waals surface area contributed by atoms with Gasteiger partial charge < -0.3 is 9.47 Å². The SMILES string of the molecule is COc1ccc(/C=C/C(=O)c2ccccc2C(F)(F)F)c(OC)c1. The number of halogens is 3. The molecule has 0 fully saturated rings. The van der Waals surface area contributed by atoms with E-state index < -0.39 is 23.1 Å². The first-order chi connectivity index (χ1) is 11.4. The quantitative estimate of drug-likeness (QED) is 0.590. The summed E-state index contributed by atoms with van der Waals surface area (Å²) in [6.07, 6.45) is -2.08. The molecule has 6 heteroatoms. The van der Waals surface area contributed by atoms with Crippen molar-refractivity contribution in [2.24, 2.45) is 0 Å². The van der Waals surface area contributed by atoms with Crippen molar-refractivity contribution in [1.29, 1.82) is 0 Å². The fourth-order valence-corrected chi connectivity index (χ4v) is 2.16. The van der Waals surface area contributed by atoms with Gasteiger partial charge in [0.05, 0.1) is 19.8 Å². The molecule has 126 valence electrons. The van der Waals surface area contributed by atoms with Crippen molar-refractivity contribution < 1.29 is 27.4 Å². The molecule has 0 heterocycles. The minimum atomic E-state index is -4.59. The Morgan fingerprint density at radius 3 is 2.38 bits per heavy atom. The molecule has 2 aromatic rings. The topological polar surface area (TPSA) is 35.5 Å². The molecule has 0 bridgehead atoms. The first-order valence-corrected chi connectivity index (χ1v) is 6.97. The summed E-state index contributed by atoms with van der Waals surface area (Å²) in [4.78, 5) is 12.2. The van der Waals surface area contributed by atoms with Gasteiger partial charge in [-0.05, 0) is 30.4 Å². The zero-order chi connectivity index (χ0) is 17.7. The molecule has 0 atom stereocenters. The van der Waals surface area contributed by atoms with Crippen LogP contribution in [0.25, 0.3) is 6.08 Å². The highest BCUT2D eigenvalue weighted by molar-refractivity contribution is 6.08. The van der Waals surface area contributed by atoms with E-state index in [9.17, 15) is 18.0 Å². The van der Waals surface area contributed by atoms with Crippen molar-refractivity contribution in [3.63, 3.8) is 0 Å². The van der Waals surface area contributed by atoms with Gasteiger partial charge in [-0.15, -0.1) is 0 Å². The summed E-state index contributed by atoms with van der Waals surface area (Å²) in [7, 11) is 2.95. The number of ketones is 1. The number of benzene rings is 2. The van der Waals surface area contributed by atoms with Crippen molar-refractivity contribution in [2.45, 2.75) is 6.18 Å². The van der Waals surface area contributed by atoms with Crippen molar-refractivity contribution in [1.82, 2.24) is 0 Å². The molecule has 0 saturated heterocycles. The summed E-state index contributed by atoms with van der Waals surface area (Å²) < 4.78 is 49.1. The standard InChI is InChI=1S/C18H15F3O3/c1-23-13-9-7-12(17(11-13)24-2)8-10-16(22)14-5-3-4-6-15(14)18(19,20)21/h3-11H,1-2H3/b10-8+. The molecule has 0 radical (unpaired) electrons. The molecule has 0 amide bonds. The number of methoxy groups -OCH3 is 2. The average Bonchev–Trinajstić information content (AvgIpc) is 2.58. The van der Waals surface area contributed by atoms with Gasteiger partial charge >= 0.3 is 6.18 Å². The largest absolute Gasteiger partial charge is 0.497 e. The zero-order valence-electron chi connectivity index (χ0n) is 13.1. The smallest absolute Gasteiger partial charge is 0.417 e. The average molecular weight is 336 g/mol. The molecule has 0 spiro atoms. The van der Waals surface area contributed by atoms with Crippen LogP contribution in [-0.2, 0) is 6.18 Å². The lowest BCUT2D eigenvalue weighted by atomic mass is 10.0. The number of ether oxygens (including phenoxy) is 2. The predicted octanol–water partition coefficient (Wildman–Crippen LogP) is 4.62. The summed E-state index contributed by atoms with van der Waals surface area (Å²) in [5.74, 6) is 0.279. The summed E-state index contributed by atoms with van der Waals surface area (Å²) in [6.45, 7) is 0. The van der Waals surface area contributed by atoms with E-state index in [1.165, 1.54) is 32.4 Å². The van der Waals surface area contributed by atoms with Gasteiger partial charge in [-0.2, -0.15) is 13.2 Å². The summed E-state index contributed by atoms with van der Waals surface area (Å²) in [5.41, 5.74) is -0.800. The number of rotatable bonds is 5. The summed E-state index contributed by atoms with van der Waals surface area (Å²) in [5, 5.41) is 0. The minimum Gasteiger partial charge on any atom is -0.497 e. The normalized spacial score (nSPS) is 11.5. The van der Waals surface area contributed by atoms with Crippen LogP contribution in [0.2, 0.25) is 0 Å². The molecule has 0 aromatic heterocycles. The van der Waals surface area contributed by atoms with Gasteiger partial charge in [-0.3, -0.25) is 4.79 Å². The Labute approximate surface area is 137 Å². The predicted molar refractivity (Wildman–Crippen MR) is 84.4 cm³/mol. The monoisotopic (exact) mass is 336 g/mol. The highest BCUT2D eigenvalue weighted by Gasteiger charge is 2.34. The molecule has 0 aliphatic heterocycles. The molecule has 24 heavy (non-hydrogen) atoms. The van der Waals surface area contributed by atoms with Crippen molar-refractivity contribution in [3.05, 3.63) is 65.2 Å². The van der Waals surface area contributed by atoms with Crippen LogP contribution in [0.5, 0.6) is 11.5 Å². The Balaban J connectivity index is 2.33. The third-order valence-corrected chi connectivity index (χ3v) is 3.35. The first kappa shape index (κ1) is 17.6. The van der Waals surface area contributed by atoms with Gasteiger partial charge in [0.15, 0.2) is 5.78 Å². The maximum absolute atomic E-state index is 13.0. The van der Waals surface area contributed by atoms with Gasteiger partial charge in [0.25, 0.3) is 0 Å². The Morgan fingerprint density at radius 1 is 1.04 bits per heavy atom. The zero-order valence-corrected chi connectivity index (χ0v) is 13.1. The third kappa shape index (κ3) is 3.95. The van der Waals surface area contributed by atoms with Gasteiger partial charge in [0, 0.05) is 17.2 Å². The number of alkyl halides is 3. The van der Waals surface area contributed by atoms with Gasteiger partial charge in [0.2, 0.25) is 0 Å². The van der Waals surface area contributed by atoms with E-state index in [0.717, 1.165) is 18.2 Å². The number of allylic oxidation sites excluding steroid dienone is 1. The van der Waals surface area contributed by atoms with E-state index in [2.05, 4.69) is 0 Å². The molecule has 0 aliphatic carbocycles. The second-order valence-electron chi connectivity index (χ2n) is 4.85. The number of hydrogen-bond acceptors (Lipinski definition) is 3. The second-order valence-corrected chi connectivity index (χ2v) is 4.85. The summed E-state index contributed by atoms with van der Waals surface area (Å²) in [6, 6.07) is 9.61. The maximum Gasteiger partial charge on any atom is 0.417 e. The molecule has 2 aromatic carbocycles. The van der Waals surface area contributed by atoms with Gasteiger partial charge in [-0.25, -0.2) is 0 Å². The van der Waals surface area contributed by atoms with Crippen molar-refractivity contribution in [2.75, 3.05) is 14.2 Å². The second kappa shape index (κ2) is 7.21. The lowest BCUT2D eigenvalue weighted by Gasteiger charge is -2.10. The highest BCUT2D eigenvalue weighted by Crippen LogP contribution is 2.32. The van der Waals surface area contributed by atoms with Crippen LogP contribution in [0.4, 0.5) is 13.2 Å². The Morgan fingerprint density at radius 2 is 1.75 bits per heavy atom. The molecule has 0 aliphatic rings. The van der Waals surface area contributed by atoms with Crippen LogP contribution >= 0.6 is 0 Å². The van der Waals surface area contributed by atoms with E-state index in [1.807, 2.05) is 0 Å². The highest BCUT2D eigenvalue weighted by atomic mass is 19.4. The van der Waals surface area contributed by atoms with Crippen LogP contribution in [0, 0.1) is 0 Å². The van der Waals surface area contributed by atoms with Crippen molar-refractivity contribution >= 4 is 11.9 Å². The molecule has 2 rings (SSSR count). The Bertz CT molecular complexity index is 764. The fourth-order valence-electron chi connectivity index (χ4n) is 2.16. The van der Waals surface area contributed by atoms with E-state index in [0.29, 0.717) is 17.1 Å². The fraction of sp³-hybridized carbons (Fsp3) is 0.167. The maximum atomic E-state index is 13.0.